The van der Waals surface area contributed by atoms with Crippen molar-refractivity contribution >= 4 is 17.5 Å². The summed E-state index contributed by atoms with van der Waals surface area (Å²) in [6.07, 6.45) is 6.45. The van der Waals surface area contributed by atoms with Crippen molar-refractivity contribution in [2.75, 3.05) is 13.2 Å². The molecule has 0 atom stereocenters. The summed E-state index contributed by atoms with van der Waals surface area (Å²) in [4.78, 5) is 11.5. The molecule has 20 heavy (non-hydrogen) atoms. The predicted octanol–water partition coefficient (Wildman–Crippen LogP) is 4.20. The van der Waals surface area contributed by atoms with E-state index in [9.17, 15) is 4.79 Å². The molecule has 0 heterocycles. The first-order valence-corrected chi connectivity index (χ1v) is 7.75. The number of ether oxygens (including phenoxy) is 1. The number of carbonyl (C=O) groups is 1. The summed E-state index contributed by atoms with van der Waals surface area (Å²) in [5, 5.41) is 3.55. The molecule has 0 saturated carbocycles. The average Bonchev–Trinajstić information content (AvgIpc) is 2.45. The SMILES string of the molecule is CCCCCCCC(=O)NCCOc1ccc(Cl)cc1. The van der Waals surface area contributed by atoms with Crippen molar-refractivity contribution in [3.63, 3.8) is 0 Å². The fourth-order valence-electron chi connectivity index (χ4n) is 1.87. The van der Waals surface area contributed by atoms with Gasteiger partial charge in [-0.05, 0) is 30.7 Å². The highest BCUT2D eigenvalue weighted by atomic mass is 35.5. The van der Waals surface area contributed by atoms with Crippen LogP contribution >= 0.6 is 11.6 Å². The second-order valence-corrected chi connectivity index (χ2v) is 5.25. The van der Waals surface area contributed by atoms with Gasteiger partial charge in [0.1, 0.15) is 12.4 Å². The summed E-state index contributed by atoms with van der Waals surface area (Å²) in [6, 6.07) is 7.20. The Kier molecular flexibility index (Phi) is 8.88. The second kappa shape index (κ2) is 10.6. The highest BCUT2D eigenvalue weighted by Crippen LogP contribution is 2.15. The van der Waals surface area contributed by atoms with Crippen LogP contribution in [0.15, 0.2) is 24.3 Å². The van der Waals surface area contributed by atoms with E-state index in [-0.39, 0.29) is 5.91 Å². The third kappa shape index (κ3) is 8.05. The first-order valence-electron chi connectivity index (χ1n) is 7.37. The van der Waals surface area contributed by atoms with Gasteiger partial charge in [-0.1, -0.05) is 44.2 Å². The van der Waals surface area contributed by atoms with Gasteiger partial charge in [-0.25, -0.2) is 0 Å². The third-order valence-electron chi connectivity index (χ3n) is 3.01. The van der Waals surface area contributed by atoms with Crippen LogP contribution in [0.1, 0.15) is 45.4 Å². The smallest absolute Gasteiger partial charge is 0.220 e. The van der Waals surface area contributed by atoms with Crippen LogP contribution in [0.3, 0.4) is 0 Å². The van der Waals surface area contributed by atoms with Crippen LogP contribution in [-0.2, 0) is 4.79 Å². The van der Waals surface area contributed by atoms with Crippen molar-refractivity contribution < 1.29 is 9.53 Å². The number of amides is 1. The Bertz CT molecular complexity index is 379. The van der Waals surface area contributed by atoms with Gasteiger partial charge in [0, 0.05) is 11.4 Å². The molecule has 0 unspecified atom stereocenters. The van der Waals surface area contributed by atoms with Crippen LogP contribution in [0.5, 0.6) is 5.75 Å². The lowest BCUT2D eigenvalue weighted by atomic mass is 10.1. The van der Waals surface area contributed by atoms with Gasteiger partial charge in [-0.3, -0.25) is 4.79 Å². The minimum atomic E-state index is 0.112. The number of carbonyl (C=O) groups excluding carboxylic acids is 1. The molecule has 0 spiro atoms. The first-order chi connectivity index (χ1) is 9.72. The largest absolute Gasteiger partial charge is 0.492 e. The topological polar surface area (TPSA) is 38.3 Å². The van der Waals surface area contributed by atoms with Gasteiger partial charge < -0.3 is 10.1 Å². The van der Waals surface area contributed by atoms with Crippen LogP contribution in [0.4, 0.5) is 0 Å². The highest BCUT2D eigenvalue weighted by Gasteiger charge is 2.00. The Hall–Kier alpha value is -1.22. The Labute approximate surface area is 126 Å². The van der Waals surface area contributed by atoms with Gasteiger partial charge in [-0.15, -0.1) is 0 Å². The van der Waals surface area contributed by atoms with E-state index in [1.807, 2.05) is 12.1 Å². The lowest BCUT2D eigenvalue weighted by molar-refractivity contribution is -0.121. The summed E-state index contributed by atoms with van der Waals surface area (Å²) in [7, 11) is 0. The predicted molar refractivity (Wildman–Crippen MR) is 83.3 cm³/mol. The van der Waals surface area contributed by atoms with Crippen molar-refractivity contribution in [2.45, 2.75) is 45.4 Å². The van der Waals surface area contributed by atoms with Gasteiger partial charge in [0.15, 0.2) is 0 Å². The van der Waals surface area contributed by atoms with Gasteiger partial charge >= 0.3 is 0 Å². The molecule has 0 aliphatic heterocycles. The number of hydrogen-bond acceptors (Lipinski definition) is 2. The van der Waals surface area contributed by atoms with E-state index in [1.165, 1.54) is 19.3 Å². The standard InChI is InChI=1S/C16H24ClNO2/c1-2-3-4-5-6-7-16(19)18-12-13-20-15-10-8-14(17)9-11-15/h8-11H,2-7,12-13H2,1H3,(H,18,19). The molecule has 3 nitrogen and oxygen atoms in total. The van der Waals surface area contributed by atoms with Crippen molar-refractivity contribution in [3.8, 4) is 5.75 Å². The molecule has 0 fully saturated rings. The molecule has 1 rings (SSSR count). The highest BCUT2D eigenvalue weighted by molar-refractivity contribution is 6.30. The number of rotatable bonds is 10. The molecule has 0 aromatic heterocycles. The lowest BCUT2D eigenvalue weighted by Gasteiger charge is -2.07. The zero-order valence-corrected chi connectivity index (χ0v) is 12.9. The second-order valence-electron chi connectivity index (χ2n) is 4.82. The molecule has 1 aromatic rings. The maximum Gasteiger partial charge on any atom is 0.220 e. The van der Waals surface area contributed by atoms with E-state index < -0.39 is 0 Å². The van der Waals surface area contributed by atoms with Crippen molar-refractivity contribution in [1.29, 1.82) is 0 Å². The molecule has 4 heteroatoms. The van der Waals surface area contributed by atoms with Gasteiger partial charge in [0.2, 0.25) is 5.91 Å². The maximum atomic E-state index is 11.5. The zero-order chi connectivity index (χ0) is 14.6. The van der Waals surface area contributed by atoms with E-state index >= 15 is 0 Å². The molecule has 0 bridgehead atoms. The van der Waals surface area contributed by atoms with E-state index in [4.69, 9.17) is 16.3 Å². The maximum absolute atomic E-state index is 11.5. The van der Waals surface area contributed by atoms with Gasteiger partial charge in [-0.2, -0.15) is 0 Å². The third-order valence-corrected chi connectivity index (χ3v) is 3.27. The average molecular weight is 298 g/mol. The number of halogens is 1. The molecular weight excluding hydrogens is 274 g/mol. The molecule has 1 N–H and O–H groups in total. The molecule has 1 aromatic carbocycles. The van der Waals surface area contributed by atoms with Crippen LogP contribution in [0, 0.1) is 0 Å². The van der Waals surface area contributed by atoms with E-state index in [0.717, 1.165) is 18.6 Å². The quantitative estimate of drug-likeness (QED) is 0.657. The van der Waals surface area contributed by atoms with E-state index in [1.54, 1.807) is 12.1 Å². The molecule has 0 radical (unpaired) electrons. The van der Waals surface area contributed by atoms with Gasteiger partial charge in [0.05, 0.1) is 6.54 Å². The summed E-state index contributed by atoms with van der Waals surface area (Å²) in [5.74, 6) is 0.879. The Balaban J connectivity index is 2.00. The number of hydrogen-bond donors (Lipinski definition) is 1. The Morgan fingerprint density at radius 1 is 1.15 bits per heavy atom. The summed E-state index contributed by atoms with van der Waals surface area (Å²) >= 11 is 5.78. The number of nitrogens with one attached hydrogen (secondary N) is 1. The zero-order valence-electron chi connectivity index (χ0n) is 12.2. The molecule has 112 valence electrons. The minimum Gasteiger partial charge on any atom is -0.492 e. The first kappa shape index (κ1) is 16.8. The summed E-state index contributed by atoms with van der Waals surface area (Å²) in [6.45, 7) is 3.20. The Morgan fingerprint density at radius 3 is 2.55 bits per heavy atom. The van der Waals surface area contributed by atoms with Gasteiger partial charge in [0.25, 0.3) is 0 Å². The van der Waals surface area contributed by atoms with Crippen molar-refractivity contribution in [1.82, 2.24) is 5.32 Å². The molecule has 0 aliphatic carbocycles. The normalized spacial score (nSPS) is 10.3. The van der Waals surface area contributed by atoms with Crippen LogP contribution in [0.25, 0.3) is 0 Å². The lowest BCUT2D eigenvalue weighted by Crippen LogP contribution is -2.27. The van der Waals surface area contributed by atoms with Crippen molar-refractivity contribution in [2.24, 2.45) is 0 Å². The molecule has 1 amide bonds. The molecule has 0 aliphatic rings. The van der Waals surface area contributed by atoms with Crippen molar-refractivity contribution in [3.05, 3.63) is 29.3 Å². The summed E-state index contributed by atoms with van der Waals surface area (Å²) in [5.41, 5.74) is 0. The summed E-state index contributed by atoms with van der Waals surface area (Å²) < 4.78 is 5.50. The molecular formula is C16H24ClNO2. The number of unbranched alkanes of at least 4 members (excludes halogenated alkanes) is 4. The minimum absolute atomic E-state index is 0.112. The monoisotopic (exact) mass is 297 g/mol. The van der Waals surface area contributed by atoms with E-state index in [0.29, 0.717) is 24.6 Å². The van der Waals surface area contributed by atoms with Crippen LogP contribution in [-0.4, -0.2) is 19.1 Å². The van der Waals surface area contributed by atoms with Crippen LogP contribution in [0.2, 0.25) is 5.02 Å². The van der Waals surface area contributed by atoms with E-state index in [2.05, 4.69) is 12.2 Å². The fraction of sp³-hybridized carbons (Fsp3) is 0.562. The fourth-order valence-corrected chi connectivity index (χ4v) is 1.99. The molecule has 0 saturated heterocycles. The number of benzene rings is 1. The Morgan fingerprint density at radius 2 is 1.85 bits per heavy atom. The van der Waals surface area contributed by atoms with Crippen LogP contribution < -0.4 is 10.1 Å².